The quantitative estimate of drug-likeness (QED) is 0.538. The number of hydrogen-bond donors (Lipinski definition) is 2. The molecule has 0 atom stereocenters. The van der Waals surface area contributed by atoms with Crippen LogP contribution in [0.4, 0.5) is 10.1 Å². The SMILES string of the molecule is CN=C(NCCc1ccccc1F)NC1CCN(c2cc(OC)cc(OC)c2)CC1. The number of benzene rings is 2. The lowest BCUT2D eigenvalue weighted by atomic mass is 10.0. The van der Waals surface area contributed by atoms with Gasteiger partial charge in [-0.25, -0.2) is 4.39 Å². The van der Waals surface area contributed by atoms with Gasteiger partial charge in [-0.1, -0.05) is 18.2 Å². The van der Waals surface area contributed by atoms with Gasteiger partial charge in [0.05, 0.1) is 14.2 Å². The molecule has 1 saturated heterocycles. The van der Waals surface area contributed by atoms with Crippen molar-refractivity contribution in [1.82, 2.24) is 10.6 Å². The van der Waals surface area contributed by atoms with Crippen LogP contribution in [0.3, 0.4) is 0 Å². The summed E-state index contributed by atoms with van der Waals surface area (Å²) in [6.07, 6.45) is 2.60. The second kappa shape index (κ2) is 10.7. The molecule has 30 heavy (non-hydrogen) atoms. The first-order chi connectivity index (χ1) is 14.6. The van der Waals surface area contributed by atoms with Gasteiger partial charge in [-0.3, -0.25) is 4.99 Å². The Morgan fingerprint density at radius 2 is 1.77 bits per heavy atom. The van der Waals surface area contributed by atoms with Crippen LogP contribution in [-0.4, -0.2) is 52.9 Å². The summed E-state index contributed by atoms with van der Waals surface area (Å²) >= 11 is 0. The van der Waals surface area contributed by atoms with E-state index in [0.29, 0.717) is 24.6 Å². The van der Waals surface area contributed by atoms with E-state index in [1.54, 1.807) is 27.3 Å². The molecular weight excluding hydrogens is 383 g/mol. The normalized spacial score (nSPS) is 15.1. The summed E-state index contributed by atoms with van der Waals surface area (Å²) in [6, 6.07) is 13.2. The molecule has 7 heteroatoms. The molecule has 2 N–H and O–H groups in total. The third-order valence-electron chi connectivity index (χ3n) is 5.41. The predicted molar refractivity (Wildman–Crippen MR) is 119 cm³/mol. The average Bonchev–Trinajstić information content (AvgIpc) is 2.79. The molecule has 0 radical (unpaired) electrons. The predicted octanol–water partition coefficient (Wildman–Crippen LogP) is 3.22. The Labute approximate surface area is 178 Å². The molecule has 0 spiro atoms. The van der Waals surface area contributed by atoms with E-state index < -0.39 is 0 Å². The maximum absolute atomic E-state index is 13.7. The molecule has 1 aliphatic heterocycles. The summed E-state index contributed by atoms with van der Waals surface area (Å²) in [6.45, 7) is 2.49. The molecule has 6 nitrogen and oxygen atoms in total. The highest BCUT2D eigenvalue weighted by atomic mass is 19.1. The number of piperidine rings is 1. The van der Waals surface area contributed by atoms with Crippen molar-refractivity contribution >= 4 is 11.6 Å². The number of hydrogen-bond acceptors (Lipinski definition) is 4. The number of guanidine groups is 1. The van der Waals surface area contributed by atoms with Crippen LogP contribution in [0.2, 0.25) is 0 Å². The Kier molecular flexibility index (Phi) is 7.76. The van der Waals surface area contributed by atoms with Crippen LogP contribution >= 0.6 is 0 Å². The van der Waals surface area contributed by atoms with E-state index in [2.05, 4.69) is 20.5 Å². The summed E-state index contributed by atoms with van der Waals surface area (Å²) in [7, 11) is 5.09. The van der Waals surface area contributed by atoms with Crippen LogP contribution in [0.25, 0.3) is 0 Å². The lowest BCUT2D eigenvalue weighted by Gasteiger charge is -2.34. The number of ether oxygens (including phenoxy) is 2. The zero-order chi connectivity index (χ0) is 21.3. The molecule has 0 unspecified atom stereocenters. The second-order valence-electron chi connectivity index (χ2n) is 7.32. The largest absolute Gasteiger partial charge is 0.497 e. The zero-order valence-electron chi connectivity index (χ0n) is 18.0. The third-order valence-corrected chi connectivity index (χ3v) is 5.41. The van der Waals surface area contributed by atoms with Crippen LogP contribution in [0.15, 0.2) is 47.5 Å². The van der Waals surface area contributed by atoms with E-state index in [4.69, 9.17) is 9.47 Å². The zero-order valence-corrected chi connectivity index (χ0v) is 18.0. The molecule has 0 amide bonds. The van der Waals surface area contributed by atoms with Gasteiger partial charge in [0.2, 0.25) is 0 Å². The minimum Gasteiger partial charge on any atom is -0.497 e. The molecule has 2 aromatic carbocycles. The van der Waals surface area contributed by atoms with Crippen molar-refractivity contribution < 1.29 is 13.9 Å². The summed E-state index contributed by atoms with van der Waals surface area (Å²) < 4.78 is 24.5. The first-order valence-electron chi connectivity index (χ1n) is 10.3. The molecule has 0 bridgehead atoms. The van der Waals surface area contributed by atoms with E-state index in [-0.39, 0.29) is 5.82 Å². The Morgan fingerprint density at radius 3 is 2.37 bits per heavy atom. The molecule has 0 saturated carbocycles. The lowest BCUT2D eigenvalue weighted by Crippen LogP contribution is -2.49. The lowest BCUT2D eigenvalue weighted by molar-refractivity contribution is 0.393. The third kappa shape index (κ3) is 5.78. The maximum Gasteiger partial charge on any atom is 0.191 e. The Balaban J connectivity index is 1.48. The number of halogens is 1. The van der Waals surface area contributed by atoms with Gasteiger partial charge in [0.15, 0.2) is 5.96 Å². The van der Waals surface area contributed by atoms with E-state index in [1.807, 2.05) is 30.3 Å². The fourth-order valence-corrected chi connectivity index (χ4v) is 3.66. The highest BCUT2D eigenvalue weighted by Gasteiger charge is 2.21. The highest BCUT2D eigenvalue weighted by Crippen LogP contribution is 2.30. The molecule has 1 fully saturated rings. The Hall–Kier alpha value is -2.96. The van der Waals surface area contributed by atoms with Gasteiger partial charge in [-0.2, -0.15) is 0 Å². The van der Waals surface area contributed by atoms with Gasteiger partial charge < -0.3 is 25.0 Å². The van der Waals surface area contributed by atoms with E-state index in [9.17, 15) is 4.39 Å². The van der Waals surface area contributed by atoms with Gasteiger partial charge in [-0.05, 0) is 30.9 Å². The number of rotatable bonds is 7. The summed E-state index contributed by atoms with van der Waals surface area (Å²) in [5.41, 5.74) is 1.82. The molecule has 1 aliphatic rings. The summed E-state index contributed by atoms with van der Waals surface area (Å²) in [5.74, 6) is 2.18. The fraction of sp³-hybridized carbons (Fsp3) is 0.435. The number of anilines is 1. The van der Waals surface area contributed by atoms with Gasteiger partial charge >= 0.3 is 0 Å². The summed E-state index contributed by atoms with van der Waals surface area (Å²) in [5, 5.41) is 6.78. The van der Waals surface area contributed by atoms with E-state index >= 15 is 0 Å². The number of methoxy groups -OCH3 is 2. The van der Waals surface area contributed by atoms with Crippen molar-refractivity contribution in [3.8, 4) is 11.5 Å². The smallest absolute Gasteiger partial charge is 0.191 e. The molecule has 0 aromatic heterocycles. The van der Waals surface area contributed by atoms with Crippen LogP contribution in [0.1, 0.15) is 18.4 Å². The van der Waals surface area contributed by atoms with Gasteiger partial charge in [0, 0.05) is 56.6 Å². The van der Waals surface area contributed by atoms with Crippen molar-refractivity contribution in [3.63, 3.8) is 0 Å². The number of aliphatic imine (C=N–C) groups is 1. The number of nitrogens with zero attached hydrogens (tertiary/aromatic N) is 2. The monoisotopic (exact) mass is 414 g/mol. The first-order valence-corrected chi connectivity index (χ1v) is 10.3. The van der Waals surface area contributed by atoms with Crippen molar-refractivity contribution in [2.75, 3.05) is 45.8 Å². The van der Waals surface area contributed by atoms with Gasteiger partial charge in [0.1, 0.15) is 17.3 Å². The maximum atomic E-state index is 13.7. The Morgan fingerprint density at radius 1 is 1.10 bits per heavy atom. The molecule has 0 aliphatic carbocycles. The van der Waals surface area contributed by atoms with Crippen molar-refractivity contribution in [3.05, 3.63) is 53.8 Å². The average molecular weight is 415 g/mol. The first kappa shape index (κ1) is 21.7. The Bertz CT molecular complexity index is 829. The second-order valence-corrected chi connectivity index (χ2v) is 7.32. The van der Waals surface area contributed by atoms with E-state index in [0.717, 1.165) is 49.1 Å². The minimum atomic E-state index is -0.163. The van der Waals surface area contributed by atoms with Crippen LogP contribution in [0.5, 0.6) is 11.5 Å². The number of nitrogens with one attached hydrogen (secondary N) is 2. The van der Waals surface area contributed by atoms with Crippen molar-refractivity contribution in [2.24, 2.45) is 4.99 Å². The minimum absolute atomic E-state index is 0.163. The van der Waals surface area contributed by atoms with Crippen molar-refractivity contribution in [2.45, 2.75) is 25.3 Å². The fourth-order valence-electron chi connectivity index (χ4n) is 3.66. The van der Waals surface area contributed by atoms with E-state index in [1.165, 1.54) is 6.07 Å². The molecular formula is C23H31FN4O2. The summed E-state index contributed by atoms with van der Waals surface area (Å²) in [4.78, 5) is 6.66. The van der Waals surface area contributed by atoms with Crippen LogP contribution < -0.4 is 25.0 Å². The van der Waals surface area contributed by atoms with Gasteiger partial charge in [0.25, 0.3) is 0 Å². The van der Waals surface area contributed by atoms with Gasteiger partial charge in [-0.15, -0.1) is 0 Å². The standard InChI is InChI=1S/C23H31FN4O2/c1-25-23(26-11-8-17-6-4-5-7-22(17)24)27-18-9-12-28(13-10-18)19-14-20(29-2)16-21(15-19)30-3/h4-7,14-16,18H,8-13H2,1-3H3,(H2,25,26,27). The molecule has 1 heterocycles. The molecule has 162 valence electrons. The molecule has 2 aromatic rings. The molecule has 3 rings (SSSR count). The van der Waals surface area contributed by atoms with Crippen LogP contribution in [-0.2, 0) is 6.42 Å². The topological polar surface area (TPSA) is 58.1 Å². The highest BCUT2D eigenvalue weighted by molar-refractivity contribution is 5.80. The van der Waals surface area contributed by atoms with Crippen molar-refractivity contribution in [1.29, 1.82) is 0 Å². The van der Waals surface area contributed by atoms with Crippen LogP contribution in [0, 0.1) is 5.82 Å².